The van der Waals surface area contributed by atoms with Gasteiger partial charge in [0.2, 0.25) is 5.91 Å². The third-order valence-electron chi connectivity index (χ3n) is 3.29. The quantitative estimate of drug-likeness (QED) is 0.849. The van der Waals surface area contributed by atoms with Crippen LogP contribution in [0.2, 0.25) is 0 Å². The van der Waals surface area contributed by atoms with Crippen LogP contribution in [0.1, 0.15) is 18.9 Å². The molecule has 102 valence electrons. The number of rotatable bonds is 5. The molecule has 1 aromatic rings. The van der Waals surface area contributed by atoms with Gasteiger partial charge < -0.3 is 10.4 Å². The van der Waals surface area contributed by atoms with Gasteiger partial charge in [-0.15, -0.1) is 0 Å². The van der Waals surface area contributed by atoms with Crippen molar-refractivity contribution in [2.24, 2.45) is 11.8 Å². The molecule has 0 heterocycles. The van der Waals surface area contributed by atoms with Crippen LogP contribution in [0.4, 0.5) is 4.39 Å². The summed E-state index contributed by atoms with van der Waals surface area (Å²) in [5.74, 6) is -2.33. The fourth-order valence-electron chi connectivity index (χ4n) is 2.13. The highest BCUT2D eigenvalue weighted by Gasteiger charge is 2.48. The van der Waals surface area contributed by atoms with Crippen molar-refractivity contribution in [3.63, 3.8) is 0 Å². The molecule has 0 unspecified atom stereocenters. The minimum absolute atomic E-state index is 0.104. The van der Waals surface area contributed by atoms with Crippen LogP contribution in [0.15, 0.2) is 24.3 Å². The Hall–Kier alpha value is -1.91. The molecule has 1 aliphatic carbocycles. The molecule has 0 saturated heterocycles. The lowest BCUT2D eigenvalue weighted by atomic mass is 10.1. The molecule has 1 fully saturated rings. The van der Waals surface area contributed by atoms with Crippen LogP contribution in [0, 0.1) is 17.7 Å². The van der Waals surface area contributed by atoms with Crippen LogP contribution >= 0.6 is 0 Å². The Morgan fingerprint density at radius 2 is 2.00 bits per heavy atom. The van der Waals surface area contributed by atoms with Crippen molar-refractivity contribution in [2.45, 2.75) is 25.8 Å². The maximum atomic E-state index is 12.7. The molecule has 1 aliphatic rings. The van der Waals surface area contributed by atoms with E-state index in [2.05, 4.69) is 5.32 Å². The van der Waals surface area contributed by atoms with E-state index >= 15 is 0 Å². The zero-order valence-corrected chi connectivity index (χ0v) is 10.6. The van der Waals surface area contributed by atoms with Crippen molar-refractivity contribution in [3.05, 3.63) is 35.6 Å². The normalized spacial score (nSPS) is 22.6. The molecule has 2 N–H and O–H groups in total. The van der Waals surface area contributed by atoms with E-state index in [0.29, 0.717) is 12.8 Å². The molecular weight excluding hydrogens is 249 g/mol. The number of carboxylic acid groups (broad SMARTS) is 1. The standard InChI is InChI=1S/C14H16FNO3/c1-8(6-9-2-4-10(15)5-3-9)16-13(17)11-7-12(11)14(18)19/h2-5,8,11-12H,6-7H2,1H3,(H,16,17)(H,18,19)/t8-,11-,12+/m1/s1. The molecule has 2 rings (SSSR count). The topological polar surface area (TPSA) is 66.4 Å². The second-order valence-electron chi connectivity index (χ2n) is 5.03. The third-order valence-corrected chi connectivity index (χ3v) is 3.29. The summed E-state index contributed by atoms with van der Waals surface area (Å²) in [6.45, 7) is 1.85. The number of hydrogen-bond acceptors (Lipinski definition) is 2. The molecule has 0 aliphatic heterocycles. The van der Waals surface area contributed by atoms with Gasteiger partial charge in [0.25, 0.3) is 0 Å². The van der Waals surface area contributed by atoms with Crippen LogP contribution in [0.5, 0.6) is 0 Å². The number of halogens is 1. The molecule has 1 saturated carbocycles. The van der Waals surface area contributed by atoms with Gasteiger partial charge in [0.15, 0.2) is 0 Å². The molecule has 0 radical (unpaired) electrons. The summed E-state index contributed by atoms with van der Waals surface area (Å²) in [4.78, 5) is 22.4. The summed E-state index contributed by atoms with van der Waals surface area (Å²) in [5, 5.41) is 11.5. The second kappa shape index (κ2) is 5.38. The van der Waals surface area contributed by atoms with Gasteiger partial charge in [0.05, 0.1) is 11.8 Å². The van der Waals surface area contributed by atoms with E-state index in [1.54, 1.807) is 12.1 Å². The zero-order chi connectivity index (χ0) is 14.0. The van der Waals surface area contributed by atoms with Crippen molar-refractivity contribution < 1.29 is 19.1 Å². The van der Waals surface area contributed by atoms with Crippen LogP contribution in [-0.4, -0.2) is 23.0 Å². The summed E-state index contributed by atoms with van der Waals surface area (Å²) in [7, 11) is 0. The number of carbonyl (C=O) groups is 2. The van der Waals surface area contributed by atoms with E-state index in [9.17, 15) is 14.0 Å². The number of hydrogen-bond donors (Lipinski definition) is 2. The third kappa shape index (κ3) is 3.53. The Kier molecular flexibility index (Phi) is 3.83. The molecule has 0 aromatic heterocycles. The van der Waals surface area contributed by atoms with Gasteiger partial charge >= 0.3 is 5.97 Å². The molecule has 3 atom stereocenters. The first kappa shape index (κ1) is 13.5. The zero-order valence-electron chi connectivity index (χ0n) is 10.6. The Bertz CT molecular complexity index is 486. The monoisotopic (exact) mass is 265 g/mol. The first-order chi connectivity index (χ1) is 8.97. The molecule has 19 heavy (non-hydrogen) atoms. The largest absolute Gasteiger partial charge is 0.481 e. The van der Waals surface area contributed by atoms with E-state index in [0.717, 1.165) is 5.56 Å². The Labute approximate surface area is 110 Å². The lowest BCUT2D eigenvalue weighted by molar-refractivity contribution is -0.140. The maximum absolute atomic E-state index is 12.7. The number of nitrogens with one attached hydrogen (secondary N) is 1. The highest BCUT2D eigenvalue weighted by atomic mass is 19.1. The summed E-state index contributed by atoms with van der Waals surface area (Å²) >= 11 is 0. The molecular formula is C14H16FNO3. The average Bonchev–Trinajstić information content (AvgIpc) is 3.12. The van der Waals surface area contributed by atoms with Crippen molar-refractivity contribution in [1.29, 1.82) is 0 Å². The van der Waals surface area contributed by atoms with Gasteiger partial charge in [-0.05, 0) is 37.5 Å². The van der Waals surface area contributed by atoms with Crippen molar-refractivity contribution in [3.8, 4) is 0 Å². The molecule has 0 bridgehead atoms. The molecule has 5 heteroatoms. The Morgan fingerprint density at radius 3 is 2.53 bits per heavy atom. The first-order valence-electron chi connectivity index (χ1n) is 6.25. The maximum Gasteiger partial charge on any atom is 0.307 e. The first-order valence-corrected chi connectivity index (χ1v) is 6.25. The summed E-state index contributed by atoms with van der Waals surface area (Å²) < 4.78 is 12.7. The SMILES string of the molecule is C[C@H](Cc1ccc(F)cc1)NC(=O)[C@@H]1C[C@@H]1C(=O)O. The summed E-state index contributed by atoms with van der Waals surface area (Å²) in [5.41, 5.74) is 0.930. The van der Waals surface area contributed by atoms with Crippen molar-refractivity contribution in [1.82, 2.24) is 5.32 Å². The van der Waals surface area contributed by atoms with Gasteiger partial charge in [-0.3, -0.25) is 9.59 Å². The van der Waals surface area contributed by atoms with E-state index in [1.165, 1.54) is 12.1 Å². The minimum Gasteiger partial charge on any atom is -0.481 e. The minimum atomic E-state index is -0.911. The molecule has 1 amide bonds. The number of carboxylic acids is 1. The molecule has 4 nitrogen and oxygen atoms in total. The van der Waals surface area contributed by atoms with Gasteiger partial charge in [-0.2, -0.15) is 0 Å². The average molecular weight is 265 g/mol. The van der Waals surface area contributed by atoms with Gasteiger partial charge in [0, 0.05) is 6.04 Å². The van der Waals surface area contributed by atoms with Gasteiger partial charge in [-0.25, -0.2) is 4.39 Å². The summed E-state index contributed by atoms with van der Waals surface area (Å²) in [6, 6.07) is 6.01. The lowest BCUT2D eigenvalue weighted by Gasteiger charge is -2.13. The van der Waals surface area contributed by atoms with Gasteiger partial charge in [0.1, 0.15) is 5.82 Å². The fraction of sp³-hybridized carbons (Fsp3) is 0.429. The predicted molar refractivity (Wildman–Crippen MR) is 66.9 cm³/mol. The van der Waals surface area contributed by atoms with Crippen molar-refractivity contribution in [2.75, 3.05) is 0 Å². The number of amides is 1. The van der Waals surface area contributed by atoms with Crippen LogP contribution in [-0.2, 0) is 16.0 Å². The Balaban J connectivity index is 1.81. The lowest BCUT2D eigenvalue weighted by Crippen LogP contribution is -2.35. The highest BCUT2D eigenvalue weighted by molar-refractivity contribution is 5.89. The van der Waals surface area contributed by atoms with Crippen LogP contribution < -0.4 is 5.32 Å². The van der Waals surface area contributed by atoms with E-state index in [-0.39, 0.29) is 17.8 Å². The molecule has 1 aromatic carbocycles. The summed E-state index contributed by atoms with van der Waals surface area (Å²) in [6.07, 6.45) is 1.01. The van der Waals surface area contributed by atoms with E-state index < -0.39 is 17.8 Å². The van der Waals surface area contributed by atoms with E-state index in [1.807, 2.05) is 6.92 Å². The molecule has 0 spiro atoms. The number of benzene rings is 1. The number of carbonyl (C=O) groups excluding carboxylic acids is 1. The van der Waals surface area contributed by atoms with Gasteiger partial charge in [-0.1, -0.05) is 12.1 Å². The van der Waals surface area contributed by atoms with Crippen molar-refractivity contribution >= 4 is 11.9 Å². The fourth-order valence-corrected chi connectivity index (χ4v) is 2.13. The van der Waals surface area contributed by atoms with Crippen LogP contribution in [0.25, 0.3) is 0 Å². The van der Waals surface area contributed by atoms with Crippen LogP contribution in [0.3, 0.4) is 0 Å². The smallest absolute Gasteiger partial charge is 0.307 e. The number of aliphatic carboxylic acids is 1. The Morgan fingerprint density at radius 1 is 1.37 bits per heavy atom. The predicted octanol–water partition coefficient (Wildman–Crippen LogP) is 1.59. The second-order valence-corrected chi connectivity index (χ2v) is 5.03. The van der Waals surface area contributed by atoms with E-state index in [4.69, 9.17) is 5.11 Å². The highest BCUT2D eigenvalue weighted by Crippen LogP contribution is 2.38.